The Hall–Kier alpha value is -5.21. The van der Waals surface area contributed by atoms with Crippen molar-refractivity contribution in [3.05, 3.63) is 147 Å². The number of benzene rings is 4. The zero-order valence-electron chi connectivity index (χ0n) is 32.4. The summed E-state index contributed by atoms with van der Waals surface area (Å²) in [5.74, 6) is -3.90. The molecule has 14 heteroatoms. The second kappa shape index (κ2) is 15.4. The highest BCUT2D eigenvalue weighted by molar-refractivity contribution is 7.85. The smallest absolute Gasteiger partial charge is 0.282 e. The molecule has 0 spiro atoms. The fourth-order valence-corrected chi connectivity index (χ4v) is 9.18. The van der Waals surface area contributed by atoms with Gasteiger partial charge in [-0.25, -0.2) is 0 Å². The third-order valence-corrected chi connectivity index (χ3v) is 12.5. The molecule has 6 aromatic rings. The summed E-state index contributed by atoms with van der Waals surface area (Å²) in [6.45, 7) is 4.26. The number of alkyl halides is 6. The van der Waals surface area contributed by atoms with E-state index in [9.17, 15) is 26.1 Å². The van der Waals surface area contributed by atoms with Gasteiger partial charge in [-0.1, -0.05) is 109 Å². The number of nitrogens with zero attached hydrogens (tertiary/aromatic N) is 4. The second-order valence-electron chi connectivity index (χ2n) is 15.8. The van der Waals surface area contributed by atoms with Crippen LogP contribution in [-0.4, -0.2) is 44.9 Å². The Labute approximate surface area is 338 Å². The number of unbranched alkanes of at least 4 members (excludes halogenated alkanes) is 2. The summed E-state index contributed by atoms with van der Waals surface area (Å²) in [4.78, 5) is -0.384. The Balaban J connectivity index is 1.04. The van der Waals surface area contributed by atoms with Gasteiger partial charge in [-0.15, -0.1) is 0 Å². The molecule has 2 aliphatic carbocycles. The molecule has 4 aromatic carbocycles. The van der Waals surface area contributed by atoms with Gasteiger partial charge in [0.05, 0.1) is 52.6 Å². The van der Waals surface area contributed by atoms with Gasteiger partial charge < -0.3 is 0 Å². The molecule has 59 heavy (non-hydrogen) atoms. The number of rotatable bonds is 13. The predicted molar refractivity (Wildman–Crippen MR) is 212 cm³/mol. The number of aromatic nitrogens is 4. The van der Waals surface area contributed by atoms with Crippen LogP contribution in [0.1, 0.15) is 99.8 Å². The van der Waals surface area contributed by atoms with Gasteiger partial charge in [-0.3, -0.25) is 13.9 Å². The summed E-state index contributed by atoms with van der Waals surface area (Å²) >= 11 is 0. The quantitative estimate of drug-likeness (QED) is 0.0710. The Kier molecular flexibility index (Phi) is 10.6. The van der Waals surface area contributed by atoms with Crippen LogP contribution in [0.15, 0.2) is 95.9 Å². The number of halogens is 6. The normalized spacial score (nSPS) is 14.5. The molecule has 0 bridgehead atoms. The molecule has 308 valence electrons. The average molecular weight is 833 g/mol. The standard InChI is InChI=1S/C45H42F6N4O3S/c1-27-12-16-29(17-13-27)25-54-42-34-9-7-6-8-31(34)22-36(42)40(52-54)38(44(46,47)48)10-4-3-5-11-39(45(49,50)51)41-37-23-32-20-21-33(59(56,57)58)24-35(32)43(37)55(53-41)26-30-18-14-28(2)15-19-30/h6-9,12-21,24,38-39H,3-5,10-11,22-23,25-26H2,1-2H3,(H,56,57,58). The van der Waals surface area contributed by atoms with Crippen molar-refractivity contribution in [3.63, 3.8) is 0 Å². The third kappa shape index (κ3) is 8.21. The van der Waals surface area contributed by atoms with E-state index < -0.39 is 40.7 Å². The summed E-state index contributed by atoms with van der Waals surface area (Å²) in [6.07, 6.45) is -9.52. The molecule has 2 unspecified atom stereocenters. The van der Waals surface area contributed by atoms with Gasteiger partial charge in [0.15, 0.2) is 0 Å². The van der Waals surface area contributed by atoms with E-state index >= 15 is 13.2 Å². The minimum atomic E-state index is -4.72. The van der Waals surface area contributed by atoms with E-state index in [4.69, 9.17) is 0 Å². The van der Waals surface area contributed by atoms with Crippen molar-refractivity contribution in [2.45, 2.75) is 101 Å². The topological polar surface area (TPSA) is 90.0 Å². The summed E-state index contributed by atoms with van der Waals surface area (Å²) in [5, 5.41) is 9.13. The zero-order valence-corrected chi connectivity index (χ0v) is 33.2. The lowest BCUT2D eigenvalue weighted by Crippen LogP contribution is -2.23. The van der Waals surface area contributed by atoms with Crippen LogP contribution >= 0.6 is 0 Å². The van der Waals surface area contributed by atoms with Gasteiger partial charge in [-0.2, -0.15) is 45.0 Å². The first-order valence-electron chi connectivity index (χ1n) is 19.6. The van der Waals surface area contributed by atoms with Crippen molar-refractivity contribution in [2.75, 3.05) is 0 Å². The van der Waals surface area contributed by atoms with Crippen molar-refractivity contribution in [1.29, 1.82) is 0 Å². The highest BCUT2D eigenvalue weighted by Crippen LogP contribution is 2.49. The first kappa shape index (κ1) is 40.6. The summed E-state index contributed by atoms with van der Waals surface area (Å²) in [6, 6.07) is 26.6. The number of aryl methyl sites for hydroxylation is 2. The predicted octanol–water partition coefficient (Wildman–Crippen LogP) is 11.1. The van der Waals surface area contributed by atoms with Crippen LogP contribution in [0.4, 0.5) is 26.3 Å². The molecule has 0 amide bonds. The zero-order chi connectivity index (χ0) is 41.9. The lowest BCUT2D eigenvalue weighted by molar-refractivity contribution is -0.153. The number of hydrogen-bond donors (Lipinski definition) is 1. The molecule has 0 radical (unpaired) electrons. The minimum absolute atomic E-state index is 0.000382. The molecule has 2 aromatic heterocycles. The van der Waals surface area contributed by atoms with Crippen LogP contribution in [0.5, 0.6) is 0 Å². The summed E-state index contributed by atoms with van der Waals surface area (Å²) in [5.41, 5.74) is 8.11. The molecule has 8 rings (SSSR count). The maximum absolute atomic E-state index is 15.0. The van der Waals surface area contributed by atoms with Crippen LogP contribution in [0.25, 0.3) is 22.5 Å². The Morgan fingerprint density at radius 1 is 0.627 bits per heavy atom. The molecular formula is C45H42F6N4O3S. The van der Waals surface area contributed by atoms with Crippen molar-refractivity contribution in [3.8, 4) is 22.5 Å². The van der Waals surface area contributed by atoms with E-state index in [1.54, 1.807) is 4.68 Å². The number of hydrogen-bond acceptors (Lipinski definition) is 4. The highest BCUT2D eigenvalue weighted by atomic mass is 32.2. The molecule has 1 N–H and O–H groups in total. The van der Waals surface area contributed by atoms with Gasteiger partial charge in [-0.05, 0) is 61.1 Å². The van der Waals surface area contributed by atoms with Crippen LogP contribution in [0.3, 0.4) is 0 Å². The molecule has 7 nitrogen and oxygen atoms in total. The van der Waals surface area contributed by atoms with E-state index in [0.717, 1.165) is 33.4 Å². The summed E-state index contributed by atoms with van der Waals surface area (Å²) in [7, 11) is -4.60. The molecule has 0 aliphatic heterocycles. The van der Waals surface area contributed by atoms with Crippen molar-refractivity contribution in [2.24, 2.45) is 0 Å². The molecule has 2 aliphatic rings. The maximum atomic E-state index is 15.0. The molecule has 2 heterocycles. The summed E-state index contributed by atoms with van der Waals surface area (Å²) < 4.78 is 127. The Morgan fingerprint density at radius 3 is 1.56 bits per heavy atom. The Morgan fingerprint density at radius 2 is 1.08 bits per heavy atom. The van der Waals surface area contributed by atoms with Gasteiger partial charge in [0.25, 0.3) is 10.1 Å². The van der Waals surface area contributed by atoms with Crippen molar-refractivity contribution >= 4 is 10.1 Å². The average Bonchev–Trinajstić information content (AvgIpc) is 3.92. The van der Waals surface area contributed by atoms with E-state index in [-0.39, 0.29) is 61.5 Å². The molecule has 2 atom stereocenters. The van der Waals surface area contributed by atoms with Crippen LogP contribution in [-0.2, 0) is 36.0 Å². The van der Waals surface area contributed by atoms with Gasteiger partial charge in [0.2, 0.25) is 0 Å². The first-order valence-corrected chi connectivity index (χ1v) is 21.0. The molecule has 0 saturated carbocycles. The van der Waals surface area contributed by atoms with E-state index in [1.165, 1.54) is 22.9 Å². The highest BCUT2D eigenvalue weighted by Gasteiger charge is 2.47. The van der Waals surface area contributed by atoms with Gasteiger partial charge >= 0.3 is 12.4 Å². The fourth-order valence-electron chi connectivity index (χ4n) is 8.67. The van der Waals surface area contributed by atoms with Crippen LogP contribution in [0, 0.1) is 13.8 Å². The molecule has 0 saturated heterocycles. The molecule has 0 fully saturated rings. The second-order valence-corrected chi connectivity index (χ2v) is 17.3. The van der Waals surface area contributed by atoms with Crippen molar-refractivity contribution in [1.82, 2.24) is 19.6 Å². The van der Waals surface area contributed by atoms with Crippen LogP contribution in [0.2, 0.25) is 0 Å². The monoisotopic (exact) mass is 832 g/mol. The largest absolute Gasteiger partial charge is 0.397 e. The van der Waals surface area contributed by atoms with Gasteiger partial charge in [0, 0.05) is 35.1 Å². The molecular weight excluding hydrogens is 791 g/mol. The minimum Gasteiger partial charge on any atom is -0.282 e. The van der Waals surface area contributed by atoms with E-state index in [2.05, 4.69) is 10.2 Å². The maximum Gasteiger partial charge on any atom is 0.397 e. The lowest BCUT2D eigenvalue weighted by atomic mass is 9.91. The SMILES string of the molecule is Cc1ccc(Cn2nc(C(CCCCCC(c3nn(Cc4ccc(C)cc4)c4c3Cc3ccc(S(=O)(=O)O)cc3-4)C(F)(F)F)C(F)(F)F)c3c2-c2ccccc2C3)cc1. The first-order chi connectivity index (χ1) is 28.0. The van der Waals surface area contributed by atoms with Gasteiger partial charge in [0.1, 0.15) is 0 Å². The van der Waals surface area contributed by atoms with E-state index in [1.807, 2.05) is 86.6 Å². The Bertz CT molecular complexity index is 2630. The number of fused-ring (bicyclic) bond motifs is 6. The lowest BCUT2D eigenvalue weighted by Gasteiger charge is -2.21. The third-order valence-electron chi connectivity index (χ3n) is 11.6. The van der Waals surface area contributed by atoms with E-state index in [0.29, 0.717) is 40.1 Å². The fraction of sp³-hybridized carbons (Fsp3) is 0.333. The van der Waals surface area contributed by atoms with Crippen LogP contribution < -0.4 is 0 Å². The van der Waals surface area contributed by atoms with Crippen molar-refractivity contribution < 1.29 is 39.3 Å².